The van der Waals surface area contributed by atoms with Gasteiger partial charge in [0.2, 0.25) is 0 Å². The van der Waals surface area contributed by atoms with Crippen molar-refractivity contribution in [1.82, 2.24) is 0 Å². The molecule has 15 heavy (non-hydrogen) atoms. The normalized spacial score (nSPS) is 57.4. The molecule has 86 valence electrons. The monoisotopic (exact) mass is 211 g/mol. The second-order valence-corrected chi connectivity index (χ2v) is 6.99. The van der Waals surface area contributed by atoms with Crippen molar-refractivity contribution in [3.8, 4) is 0 Å². The Bertz CT molecular complexity index is 273. The Hall–Kier alpha value is -0.120. The second-order valence-electron chi connectivity index (χ2n) is 6.99. The van der Waals surface area contributed by atoms with Gasteiger partial charge < -0.3 is 0 Å². The molecule has 0 heterocycles. The molecular formula is C12H21NO2. The molecular weight excluding hydrogens is 190 g/mol. The summed E-state index contributed by atoms with van der Waals surface area (Å²) in [6.45, 7) is 4.81. The highest BCUT2D eigenvalue weighted by atomic mass is 17.3. The lowest BCUT2D eigenvalue weighted by Gasteiger charge is -2.63. The maximum absolute atomic E-state index is 5.45. The Labute approximate surface area is 91.2 Å². The Morgan fingerprint density at radius 3 is 2.07 bits per heavy atom. The van der Waals surface area contributed by atoms with Gasteiger partial charge in [0, 0.05) is 0 Å². The highest BCUT2D eigenvalue weighted by molar-refractivity contribution is 5.11. The summed E-state index contributed by atoms with van der Waals surface area (Å²) in [7, 11) is 0. The van der Waals surface area contributed by atoms with Gasteiger partial charge in [-0.3, -0.25) is 0 Å². The van der Waals surface area contributed by atoms with Crippen LogP contribution in [0.2, 0.25) is 0 Å². The molecule has 2 unspecified atom stereocenters. The predicted octanol–water partition coefficient (Wildman–Crippen LogP) is 2.56. The second kappa shape index (κ2) is 2.76. The molecule has 4 bridgehead atoms. The molecule has 2 N–H and O–H groups in total. The van der Waals surface area contributed by atoms with Crippen LogP contribution in [0.15, 0.2) is 0 Å². The van der Waals surface area contributed by atoms with Gasteiger partial charge in [0.1, 0.15) is 5.60 Å². The molecule has 4 saturated carbocycles. The minimum atomic E-state index is -0.0718. The molecule has 2 atom stereocenters. The van der Waals surface area contributed by atoms with E-state index < -0.39 is 0 Å². The van der Waals surface area contributed by atoms with Crippen LogP contribution in [0.4, 0.5) is 0 Å². The van der Waals surface area contributed by atoms with Crippen LogP contribution >= 0.6 is 0 Å². The summed E-state index contributed by atoms with van der Waals surface area (Å²) < 4.78 is 0. The summed E-state index contributed by atoms with van der Waals surface area (Å²) in [5.41, 5.74) is 0.858. The van der Waals surface area contributed by atoms with Gasteiger partial charge in [-0.1, -0.05) is 13.8 Å². The van der Waals surface area contributed by atoms with Crippen molar-refractivity contribution in [2.75, 3.05) is 0 Å². The summed E-state index contributed by atoms with van der Waals surface area (Å²) in [4.78, 5) is 9.97. The molecule has 0 aromatic heterocycles. The van der Waals surface area contributed by atoms with E-state index >= 15 is 0 Å². The van der Waals surface area contributed by atoms with Crippen molar-refractivity contribution >= 4 is 0 Å². The van der Waals surface area contributed by atoms with Gasteiger partial charge in [0.05, 0.1) is 0 Å². The molecule has 4 aliphatic carbocycles. The molecule has 3 heteroatoms. The van der Waals surface area contributed by atoms with Crippen LogP contribution in [0.1, 0.15) is 52.4 Å². The zero-order valence-corrected chi connectivity index (χ0v) is 9.71. The van der Waals surface area contributed by atoms with Gasteiger partial charge in [-0.05, 0) is 55.3 Å². The molecule has 4 rings (SSSR count). The lowest BCUT2D eigenvalue weighted by Crippen LogP contribution is -2.59. The smallest absolute Gasteiger partial charge is 0.107 e. The van der Waals surface area contributed by atoms with E-state index in [1.807, 2.05) is 0 Å². The van der Waals surface area contributed by atoms with Gasteiger partial charge in [-0.15, -0.1) is 4.99 Å². The number of hydrogen-bond acceptors (Lipinski definition) is 3. The fourth-order valence-corrected chi connectivity index (χ4v) is 5.54. The summed E-state index contributed by atoms with van der Waals surface area (Å²) in [6.07, 6.45) is 7.50. The largest absolute Gasteiger partial charge is 0.212 e. The molecule has 4 aliphatic rings. The topological polar surface area (TPSA) is 44.5 Å². The minimum absolute atomic E-state index is 0.0718. The molecule has 0 saturated heterocycles. The zero-order valence-electron chi connectivity index (χ0n) is 9.71. The molecule has 3 nitrogen and oxygen atoms in total. The Morgan fingerprint density at radius 1 is 1.00 bits per heavy atom. The first-order valence-electron chi connectivity index (χ1n) is 6.01. The Balaban J connectivity index is 1.94. The van der Waals surface area contributed by atoms with Crippen LogP contribution in [-0.2, 0) is 9.88 Å². The van der Waals surface area contributed by atoms with Crippen LogP contribution in [0, 0.1) is 16.7 Å². The quantitative estimate of drug-likeness (QED) is 0.564. The van der Waals surface area contributed by atoms with Crippen molar-refractivity contribution in [2.24, 2.45) is 22.6 Å². The van der Waals surface area contributed by atoms with Crippen molar-refractivity contribution in [3.63, 3.8) is 0 Å². The molecule has 0 aliphatic heterocycles. The van der Waals surface area contributed by atoms with Gasteiger partial charge >= 0.3 is 0 Å². The van der Waals surface area contributed by atoms with Crippen LogP contribution in [0.25, 0.3) is 0 Å². The maximum atomic E-state index is 5.45. The van der Waals surface area contributed by atoms with E-state index in [1.165, 1.54) is 19.3 Å². The van der Waals surface area contributed by atoms with Gasteiger partial charge in [0.25, 0.3) is 0 Å². The Kier molecular flexibility index (Phi) is 1.85. The lowest BCUT2D eigenvalue weighted by molar-refractivity contribution is -0.402. The van der Waals surface area contributed by atoms with E-state index in [1.54, 1.807) is 0 Å². The third kappa shape index (κ3) is 1.44. The van der Waals surface area contributed by atoms with Crippen LogP contribution < -0.4 is 5.90 Å². The third-order valence-electron chi connectivity index (χ3n) is 4.80. The molecule has 0 aromatic carbocycles. The van der Waals surface area contributed by atoms with Crippen molar-refractivity contribution in [2.45, 2.75) is 58.0 Å². The summed E-state index contributed by atoms with van der Waals surface area (Å²) in [5.74, 6) is 5.94. The van der Waals surface area contributed by atoms with Crippen LogP contribution in [0.5, 0.6) is 0 Å². The minimum Gasteiger partial charge on any atom is -0.212 e. The first-order chi connectivity index (χ1) is 6.97. The van der Waals surface area contributed by atoms with Crippen LogP contribution in [0.3, 0.4) is 0 Å². The first-order valence-corrected chi connectivity index (χ1v) is 6.01. The maximum Gasteiger partial charge on any atom is 0.107 e. The molecule has 0 aromatic rings. The van der Waals surface area contributed by atoms with E-state index in [-0.39, 0.29) is 5.60 Å². The molecule has 0 amide bonds. The SMILES string of the molecule is CC12CC3CC(C)(C1)CC(OON)(C3)C2. The van der Waals surface area contributed by atoms with E-state index in [2.05, 4.69) is 18.8 Å². The van der Waals surface area contributed by atoms with Gasteiger partial charge in [-0.2, -0.15) is 5.90 Å². The van der Waals surface area contributed by atoms with Gasteiger partial charge in [-0.25, -0.2) is 4.89 Å². The molecule has 4 fully saturated rings. The third-order valence-corrected chi connectivity index (χ3v) is 4.80. The highest BCUT2D eigenvalue weighted by Gasteiger charge is 2.61. The number of rotatable bonds is 2. The van der Waals surface area contributed by atoms with Gasteiger partial charge in [0.15, 0.2) is 0 Å². The summed E-state index contributed by atoms with van der Waals surface area (Å²) in [6, 6.07) is 0. The van der Waals surface area contributed by atoms with Crippen LogP contribution in [-0.4, -0.2) is 5.60 Å². The van der Waals surface area contributed by atoms with Crippen molar-refractivity contribution in [1.29, 1.82) is 0 Å². The lowest BCUT2D eigenvalue weighted by atomic mass is 9.44. The predicted molar refractivity (Wildman–Crippen MR) is 56.5 cm³/mol. The zero-order chi connectivity index (χ0) is 10.7. The number of hydrogen-bond donors (Lipinski definition) is 1. The average molecular weight is 211 g/mol. The summed E-state index contributed by atoms with van der Waals surface area (Å²) >= 11 is 0. The highest BCUT2D eigenvalue weighted by Crippen LogP contribution is 2.67. The fourth-order valence-electron chi connectivity index (χ4n) is 5.54. The Morgan fingerprint density at radius 2 is 1.60 bits per heavy atom. The first kappa shape index (κ1) is 10.1. The van der Waals surface area contributed by atoms with E-state index in [0.29, 0.717) is 10.8 Å². The van der Waals surface area contributed by atoms with E-state index in [4.69, 9.17) is 10.8 Å². The van der Waals surface area contributed by atoms with E-state index in [0.717, 1.165) is 25.2 Å². The summed E-state index contributed by atoms with van der Waals surface area (Å²) in [5, 5.41) is 0. The molecule has 0 radical (unpaired) electrons. The number of nitrogens with two attached hydrogens (primary N) is 1. The average Bonchev–Trinajstić information content (AvgIpc) is 1.94. The van der Waals surface area contributed by atoms with Crippen molar-refractivity contribution < 1.29 is 9.88 Å². The fraction of sp³-hybridized carbons (Fsp3) is 1.00. The molecule has 0 spiro atoms. The van der Waals surface area contributed by atoms with E-state index in [9.17, 15) is 0 Å². The standard InChI is InChI=1S/C12H21NO2/c1-10-3-9-4-11(2,6-10)8-12(5-9,7-10)14-15-13/h9H,3-8,13H2,1-2H3. The van der Waals surface area contributed by atoms with Crippen molar-refractivity contribution in [3.05, 3.63) is 0 Å².